The van der Waals surface area contributed by atoms with Crippen molar-refractivity contribution in [1.29, 1.82) is 5.26 Å². The molecular weight excluding hydrogens is 260 g/mol. The molecule has 0 aliphatic heterocycles. The van der Waals surface area contributed by atoms with Crippen LogP contribution in [0.25, 0.3) is 6.08 Å². The predicted molar refractivity (Wildman–Crippen MR) is 84.3 cm³/mol. The Morgan fingerprint density at radius 1 is 1.33 bits per heavy atom. The Labute approximate surface area is 126 Å². The zero-order chi connectivity index (χ0) is 15.2. The van der Waals surface area contributed by atoms with E-state index in [0.29, 0.717) is 5.92 Å². The lowest BCUT2D eigenvalue weighted by Crippen LogP contribution is -2.41. The van der Waals surface area contributed by atoms with Crippen LogP contribution in [0.1, 0.15) is 43.7 Å². The molecule has 0 spiro atoms. The Kier molecular flexibility index (Phi) is 5.16. The molecule has 1 fully saturated rings. The molecule has 1 aliphatic carbocycles. The van der Waals surface area contributed by atoms with Gasteiger partial charge < -0.3 is 5.32 Å². The van der Waals surface area contributed by atoms with Crippen LogP contribution in [0.4, 0.5) is 0 Å². The van der Waals surface area contributed by atoms with E-state index >= 15 is 0 Å². The van der Waals surface area contributed by atoms with Crippen molar-refractivity contribution in [3.05, 3.63) is 41.0 Å². The van der Waals surface area contributed by atoms with E-state index in [1.807, 2.05) is 37.3 Å². The minimum Gasteiger partial charge on any atom is -0.348 e. The highest BCUT2D eigenvalue weighted by atomic mass is 16.1. The molecule has 1 N–H and O–H groups in total. The van der Waals surface area contributed by atoms with Gasteiger partial charge in [0.1, 0.15) is 11.6 Å². The number of nitrogens with one attached hydrogen (secondary N) is 1. The molecule has 0 bridgehead atoms. The Hall–Kier alpha value is -2.08. The van der Waals surface area contributed by atoms with Gasteiger partial charge >= 0.3 is 0 Å². The Morgan fingerprint density at radius 2 is 2.05 bits per heavy atom. The molecule has 1 aromatic carbocycles. The molecule has 1 saturated carbocycles. The predicted octanol–water partition coefficient (Wildman–Crippen LogP) is 3.60. The van der Waals surface area contributed by atoms with Crippen LogP contribution >= 0.6 is 0 Å². The highest BCUT2D eigenvalue weighted by molar-refractivity contribution is 6.02. The SMILES string of the molecule is Cc1ccccc1/C=C(\C#N)C(=O)N[C@H]1CCCC[C@H]1C. The first-order valence-corrected chi connectivity index (χ1v) is 7.60. The van der Waals surface area contributed by atoms with Gasteiger partial charge in [-0.2, -0.15) is 5.26 Å². The number of carbonyl (C=O) groups is 1. The molecule has 0 heterocycles. The van der Waals surface area contributed by atoms with Gasteiger partial charge in [-0.15, -0.1) is 0 Å². The maximum Gasteiger partial charge on any atom is 0.262 e. The van der Waals surface area contributed by atoms with Gasteiger partial charge in [0.2, 0.25) is 0 Å². The summed E-state index contributed by atoms with van der Waals surface area (Å²) < 4.78 is 0. The molecule has 0 radical (unpaired) electrons. The van der Waals surface area contributed by atoms with Crippen molar-refractivity contribution in [1.82, 2.24) is 5.32 Å². The number of benzene rings is 1. The molecule has 0 unspecified atom stereocenters. The number of amides is 1. The highest BCUT2D eigenvalue weighted by Gasteiger charge is 2.24. The fourth-order valence-corrected chi connectivity index (χ4v) is 2.83. The molecule has 2 rings (SSSR count). The molecule has 2 atom stereocenters. The first-order chi connectivity index (χ1) is 10.1. The van der Waals surface area contributed by atoms with Crippen LogP contribution in [0.5, 0.6) is 0 Å². The van der Waals surface area contributed by atoms with Crippen LogP contribution < -0.4 is 5.32 Å². The second-order valence-electron chi connectivity index (χ2n) is 5.87. The summed E-state index contributed by atoms with van der Waals surface area (Å²) in [6.07, 6.45) is 6.22. The van der Waals surface area contributed by atoms with E-state index < -0.39 is 0 Å². The van der Waals surface area contributed by atoms with Gasteiger partial charge in [-0.1, -0.05) is 44.0 Å². The van der Waals surface area contributed by atoms with Crippen molar-refractivity contribution in [2.24, 2.45) is 5.92 Å². The van der Waals surface area contributed by atoms with Gasteiger partial charge in [-0.3, -0.25) is 4.79 Å². The highest BCUT2D eigenvalue weighted by Crippen LogP contribution is 2.24. The Morgan fingerprint density at radius 3 is 2.71 bits per heavy atom. The van der Waals surface area contributed by atoms with E-state index in [0.717, 1.165) is 30.4 Å². The van der Waals surface area contributed by atoms with Crippen molar-refractivity contribution >= 4 is 12.0 Å². The van der Waals surface area contributed by atoms with Crippen LogP contribution in [0.15, 0.2) is 29.8 Å². The zero-order valence-electron chi connectivity index (χ0n) is 12.7. The van der Waals surface area contributed by atoms with Crippen LogP contribution in [0.2, 0.25) is 0 Å². The lowest BCUT2D eigenvalue weighted by molar-refractivity contribution is -0.118. The number of rotatable bonds is 3. The van der Waals surface area contributed by atoms with Gasteiger partial charge in [0.05, 0.1) is 0 Å². The van der Waals surface area contributed by atoms with Crippen molar-refractivity contribution in [3.8, 4) is 6.07 Å². The summed E-state index contributed by atoms with van der Waals surface area (Å²) in [7, 11) is 0. The summed E-state index contributed by atoms with van der Waals surface area (Å²) in [6, 6.07) is 9.98. The van der Waals surface area contributed by atoms with Gasteiger partial charge in [-0.05, 0) is 42.9 Å². The maximum atomic E-state index is 12.3. The van der Waals surface area contributed by atoms with Gasteiger partial charge in [0.15, 0.2) is 0 Å². The second kappa shape index (κ2) is 7.08. The Bertz CT molecular complexity index is 583. The molecule has 1 amide bonds. The Balaban J connectivity index is 2.12. The smallest absolute Gasteiger partial charge is 0.262 e. The average Bonchev–Trinajstić information content (AvgIpc) is 2.48. The molecule has 3 heteroatoms. The monoisotopic (exact) mass is 282 g/mol. The van der Waals surface area contributed by atoms with E-state index in [-0.39, 0.29) is 17.5 Å². The third-order valence-corrected chi connectivity index (χ3v) is 4.28. The summed E-state index contributed by atoms with van der Waals surface area (Å²) >= 11 is 0. The fourth-order valence-electron chi connectivity index (χ4n) is 2.83. The topological polar surface area (TPSA) is 52.9 Å². The van der Waals surface area contributed by atoms with Crippen molar-refractivity contribution < 1.29 is 4.79 Å². The summed E-state index contributed by atoms with van der Waals surface area (Å²) in [5, 5.41) is 12.3. The van der Waals surface area contributed by atoms with Crippen LogP contribution in [0, 0.1) is 24.2 Å². The number of nitriles is 1. The second-order valence-corrected chi connectivity index (χ2v) is 5.87. The van der Waals surface area contributed by atoms with Gasteiger partial charge in [-0.25, -0.2) is 0 Å². The molecule has 0 aromatic heterocycles. The summed E-state index contributed by atoms with van der Waals surface area (Å²) in [5.41, 5.74) is 2.16. The minimum atomic E-state index is -0.250. The van der Waals surface area contributed by atoms with Crippen molar-refractivity contribution in [2.45, 2.75) is 45.6 Å². The molecule has 0 saturated heterocycles. The number of hydrogen-bond donors (Lipinski definition) is 1. The van der Waals surface area contributed by atoms with E-state index in [4.69, 9.17) is 0 Å². The normalized spacial score (nSPS) is 22.4. The van der Waals surface area contributed by atoms with Gasteiger partial charge in [0.25, 0.3) is 5.91 Å². The number of hydrogen-bond acceptors (Lipinski definition) is 2. The molecule has 21 heavy (non-hydrogen) atoms. The first-order valence-electron chi connectivity index (χ1n) is 7.60. The standard InChI is InChI=1S/C18H22N2O/c1-13-7-3-5-9-15(13)11-16(12-19)18(21)20-17-10-6-4-8-14(17)2/h3,5,7,9,11,14,17H,4,6,8,10H2,1-2H3,(H,20,21)/b16-11+/t14-,17+/m1/s1. The number of carbonyl (C=O) groups excluding carboxylic acids is 1. The third kappa shape index (κ3) is 3.95. The first kappa shape index (κ1) is 15.3. The molecular formula is C18H22N2O. The van der Waals surface area contributed by atoms with Crippen molar-refractivity contribution in [3.63, 3.8) is 0 Å². The maximum absolute atomic E-state index is 12.3. The molecule has 3 nitrogen and oxygen atoms in total. The van der Waals surface area contributed by atoms with Crippen LogP contribution in [0.3, 0.4) is 0 Å². The summed E-state index contributed by atoms with van der Waals surface area (Å²) in [4.78, 5) is 12.3. The fraction of sp³-hybridized carbons (Fsp3) is 0.444. The van der Waals surface area contributed by atoms with E-state index in [1.165, 1.54) is 6.42 Å². The van der Waals surface area contributed by atoms with Crippen LogP contribution in [-0.4, -0.2) is 11.9 Å². The lowest BCUT2D eigenvalue weighted by Gasteiger charge is -2.29. The zero-order valence-corrected chi connectivity index (χ0v) is 12.7. The molecule has 110 valence electrons. The number of aryl methyl sites for hydroxylation is 1. The minimum absolute atomic E-state index is 0.182. The van der Waals surface area contributed by atoms with Crippen LogP contribution in [-0.2, 0) is 4.79 Å². The van der Waals surface area contributed by atoms with Gasteiger partial charge in [0, 0.05) is 6.04 Å². The van der Waals surface area contributed by atoms with E-state index in [2.05, 4.69) is 12.2 Å². The summed E-state index contributed by atoms with van der Waals surface area (Å²) in [6.45, 7) is 4.14. The van der Waals surface area contributed by atoms with E-state index in [1.54, 1.807) is 6.08 Å². The van der Waals surface area contributed by atoms with Crippen molar-refractivity contribution in [2.75, 3.05) is 0 Å². The number of nitrogens with zero attached hydrogens (tertiary/aromatic N) is 1. The summed E-state index contributed by atoms with van der Waals surface area (Å²) in [5.74, 6) is 0.237. The largest absolute Gasteiger partial charge is 0.348 e. The third-order valence-electron chi connectivity index (χ3n) is 4.28. The average molecular weight is 282 g/mol. The molecule has 1 aliphatic rings. The van der Waals surface area contributed by atoms with E-state index in [9.17, 15) is 10.1 Å². The quantitative estimate of drug-likeness (QED) is 0.680. The molecule has 1 aromatic rings. The lowest BCUT2D eigenvalue weighted by atomic mass is 9.86.